The van der Waals surface area contributed by atoms with Crippen molar-refractivity contribution in [3.8, 4) is 0 Å². The first-order valence-electron chi connectivity index (χ1n) is 8.36. The zero-order valence-electron chi connectivity index (χ0n) is 13.3. The summed E-state index contributed by atoms with van der Waals surface area (Å²) in [4.78, 5) is 2.38. The van der Waals surface area contributed by atoms with Crippen LogP contribution in [-0.4, -0.2) is 42.3 Å². The Balaban J connectivity index is 1.56. The molecule has 3 atom stereocenters. The van der Waals surface area contributed by atoms with E-state index >= 15 is 0 Å². The summed E-state index contributed by atoms with van der Waals surface area (Å²) in [6.45, 7) is 8.27. The van der Waals surface area contributed by atoms with Gasteiger partial charge in [0.1, 0.15) is 0 Å². The highest BCUT2D eigenvalue weighted by Crippen LogP contribution is 2.36. The number of nitrogens with zero attached hydrogens (tertiary/aromatic N) is 1. The third-order valence-electron chi connectivity index (χ3n) is 4.99. The Hall–Kier alpha value is -0.900. The summed E-state index contributed by atoms with van der Waals surface area (Å²) >= 11 is 0. The molecule has 3 heteroatoms. The summed E-state index contributed by atoms with van der Waals surface area (Å²) in [7, 11) is 0. The fourth-order valence-corrected chi connectivity index (χ4v) is 3.86. The molecule has 0 spiro atoms. The van der Waals surface area contributed by atoms with E-state index in [9.17, 15) is 5.11 Å². The van der Waals surface area contributed by atoms with E-state index in [0.717, 1.165) is 26.1 Å². The quantitative estimate of drug-likeness (QED) is 0.872. The van der Waals surface area contributed by atoms with Crippen molar-refractivity contribution in [1.29, 1.82) is 0 Å². The smallest absolute Gasteiger partial charge is 0.0791 e. The molecule has 3 unspecified atom stereocenters. The highest BCUT2D eigenvalue weighted by Gasteiger charge is 2.29. The van der Waals surface area contributed by atoms with Gasteiger partial charge in [-0.1, -0.05) is 30.7 Å². The molecule has 1 aliphatic heterocycles. The first-order valence-corrected chi connectivity index (χ1v) is 8.36. The van der Waals surface area contributed by atoms with Crippen molar-refractivity contribution in [3.63, 3.8) is 0 Å². The Morgan fingerprint density at radius 3 is 2.86 bits per heavy atom. The lowest BCUT2D eigenvalue weighted by Gasteiger charge is -2.24. The molecule has 2 N–H and O–H groups in total. The monoisotopic (exact) mass is 288 g/mol. The number of hydrogen-bond acceptors (Lipinski definition) is 3. The summed E-state index contributed by atoms with van der Waals surface area (Å²) in [6.07, 6.45) is 3.46. The number of nitrogens with one attached hydrogen (secondary N) is 1. The SMILES string of the molecule is Cc1ccc2c(c1)C(NCC(O)CN1CCCC1)C(C)C2. The van der Waals surface area contributed by atoms with E-state index in [1.165, 1.54) is 29.5 Å². The van der Waals surface area contributed by atoms with Crippen LogP contribution in [0.2, 0.25) is 0 Å². The Labute approximate surface area is 128 Å². The van der Waals surface area contributed by atoms with Crippen LogP contribution in [0.5, 0.6) is 0 Å². The van der Waals surface area contributed by atoms with Crippen LogP contribution < -0.4 is 5.32 Å². The van der Waals surface area contributed by atoms with Gasteiger partial charge in [0.25, 0.3) is 0 Å². The molecular formula is C18H28N2O. The molecular weight excluding hydrogens is 260 g/mol. The Morgan fingerprint density at radius 2 is 2.10 bits per heavy atom. The lowest BCUT2D eigenvalue weighted by molar-refractivity contribution is 0.118. The molecule has 0 bridgehead atoms. The van der Waals surface area contributed by atoms with Crippen LogP contribution in [0.3, 0.4) is 0 Å². The lowest BCUT2D eigenvalue weighted by Crippen LogP contribution is -2.39. The molecule has 0 amide bonds. The summed E-state index contributed by atoms with van der Waals surface area (Å²) in [5.74, 6) is 0.612. The van der Waals surface area contributed by atoms with Crippen LogP contribution in [0, 0.1) is 12.8 Å². The normalized spacial score (nSPS) is 27.0. The average molecular weight is 288 g/mol. The average Bonchev–Trinajstić information content (AvgIpc) is 3.04. The second-order valence-corrected chi connectivity index (χ2v) is 6.93. The highest BCUT2D eigenvalue weighted by molar-refractivity contribution is 5.38. The van der Waals surface area contributed by atoms with E-state index in [1.54, 1.807) is 0 Å². The molecule has 0 saturated carbocycles. The van der Waals surface area contributed by atoms with Crippen LogP contribution in [0.15, 0.2) is 18.2 Å². The van der Waals surface area contributed by atoms with Gasteiger partial charge in [0.2, 0.25) is 0 Å². The van der Waals surface area contributed by atoms with Crippen LogP contribution in [-0.2, 0) is 6.42 Å². The summed E-state index contributed by atoms with van der Waals surface area (Å²) in [5.41, 5.74) is 4.24. The van der Waals surface area contributed by atoms with Gasteiger partial charge in [-0.3, -0.25) is 0 Å². The zero-order chi connectivity index (χ0) is 14.8. The van der Waals surface area contributed by atoms with E-state index in [4.69, 9.17) is 0 Å². The van der Waals surface area contributed by atoms with Crippen LogP contribution in [0.4, 0.5) is 0 Å². The molecule has 3 nitrogen and oxygen atoms in total. The van der Waals surface area contributed by atoms with Crippen LogP contribution in [0.25, 0.3) is 0 Å². The van der Waals surface area contributed by atoms with Gasteiger partial charge in [0.05, 0.1) is 6.10 Å². The third kappa shape index (κ3) is 3.47. The molecule has 0 radical (unpaired) electrons. The molecule has 1 saturated heterocycles. The Morgan fingerprint density at radius 1 is 1.33 bits per heavy atom. The fourth-order valence-electron chi connectivity index (χ4n) is 3.86. The van der Waals surface area contributed by atoms with Gasteiger partial charge < -0.3 is 15.3 Å². The molecule has 21 heavy (non-hydrogen) atoms. The number of rotatable bonds is 5. The van der Waals surface area contributed by atoms with Crippen molar-refractivity contribution >= 4 is 0 Å². The lowest BCUT2D eigenvalue weighted by atomic mass is 10.0. The third-order valence-corrected chi connectivity index (χ3v) is 4.99. The molecule has 3 rings (SSSR count). The zero-order valence-corrected chi connectivity index (χ0v) is 13.3. The van der Waals surface area contributed by atoms with E-state index in [-0.39, 0.29) is 6.10 Å². The minimum Gasteiger partial charge on any atom is -0.390 e. The summed E-state index contributed by atoms with van der Waals surface area (Å²) in [6, 6.07) is 7.18. The van der Waals surface area contributed by atoms with E-state index in [2.05, 4.69) is 42.3 Å². The van der Waals surface area contributed by atoms with Gasteiger partial charge in [-0.05, 0) is 56.3 Å². The first kappa shape index (κ1) is 15.0. The first-order chi connectivity index (χ1) is 10.1. The van der Waals surface area contributed by atoms with Crippen molar-refractivity contribution in [1.82, 2.24) is 10.2 Å². The molecule has 116 valence electrons. The van der Waals surface area contributed by atoms with Gasteiger partial charge in [-0.15, -0.1) is 0 Å². The number of aliphatic hydroxyl groups excluding tert-OH is 1. The number of aryl methyl sites for hydroxylation is 1. The number of aliphatic hydroxyl groups is 1. The number of hydrogen-bond donors (Lipinski definition) is 2. The Kier molecular flexibility index (Phi) is 4.63. The summed E-state index contributed by atoms with van der Waals surface area (Å²) < 4.78 is 0. The largest absolute Gasteiger partial charge is 0.390 e. The highest BCUT2D eigenvalue weighted by atomic mass is 16.3. The van der Waals surface area contributed by atoms with Crippen molar-refractivity contribution in [2.45, 2.75) is 45.3 Å². The van der Waals surface area contributed by atoms with E-state index < -0.39 is 0 Å². The van der Waals surface area contributed by atoms with Crippen molar-refractivity contribution < 1.29 is 5.11 Å². The van der Waals surface area contributed by atoms with E-state index in [0.29, 0.717) is 18.5 Å². The maximum Gasteiger partial charge on any atom is 0.0791 e. The predicted octanol–water partition coefficient (Wildman–Crippen LogP) is 2.27. The second-order valence-electron chi connectivity index (χ2n) is 6.93. The van der Waals surface area contributed by atoms with Crippen LogP contribution in [0.1, 0.15) is 42.5 Å². The van der Waals surface area contributed by atoms with Crippen LogP contribution >= 0.6 is 0 Å². The molecule has 0 aromatic heterocycles. The second kappa shape index (κ2) is 6.47. The molecule has 1 aliphatic carbocycles. The maximum absolute atomic E-state index is 10.3. The predicted molar refractivity (Wildman–Crippen MR) is 86.5 cm³/mol. The fraction of sp³-hybridized carbons (Fsp3) is 0.667. The van der Waals surface area contributed by atoms with E-state index in [1.807, 2.05) is 0 Å². The maximum atomic E-state index is 10.3. The van der Waals surface area contributed by atoms with Crippen molar-refractivity contribution in [2.24, 2.45) is 5.92 Å². The number of benzene rings is 1. The van der Waals surface area contributed by atoms with Gasteiger partial charge in [-0.25, -0.2) is 0 Å². The minimum atomic E-state index is -0.260. The minimum absolute atomic E-state index is 0.260. The van der Waals surface area contributed by atoms with Crippen molar-refractivity contribution in [2.75, 3.05) is 26.2 Å². The van der Waals surface area contributed by atoms with Gasteiger partial charge in [0, 0.05) is 19.1 Å². The molecule has 1 aromatic rings. The number of likely N-dealkylation sites (tertiary alicyclic amines) is 1. The molecule has 1 heterocycles. The standard InChI is InChI=1S/C18H28N2O/c1-13-5-6-15-10-14(2)18(17(15)9-13)19-11-16(21)12-20-7-3-4-8-20/h5-6,9,14,16,18-19,21H,3-4,7-8,10-12H2,1-2H3. The number of β-amino-alcohol motifs (C(OH)–C–C–N with tert-alkyl or cyclic N) is 1. The Bertz CT molecular complexity index is 482. The van der Waals surface area contributed by atoms with Gasteiger partial charge in [0.15, 0.2) is 0 Å². The molecule has 1 aromatic carbocycles. The number of fused-ring (bicyclic) bond motifs is 1. The molecule has 1 fully saturated rings. The van der Waals surface area contributed by atoms with Crippen molar-refractivity contribution in [3.05, 3.63) is 34.9 Å². The topological polar surface area (TPSA) is 35.5 Å². The summed E-state index contributed by atoms with van der Waals surface area (Å²) in [5, 5.41) is 13.9. The van der Waals surface area contributed by atoms with Gasteiger partial charge in [-0.2, -0.15) is 0 Å². The van der Waals surface area contributed by atoms with Gasteiger partial charge >= 0.3 is 0 Å². The molecule has 2 aliphatic rings.